The summed E-state index contributed by atoms with van der Waals surface area (Å²) in [5.74, 6) is -2.79. The van der Waals surface area contributed by atoms with Crippen molar-refractivity contribution in [1.82, 2.24) is 10.2 Å². The highest BCUT2D eigenvalue weighted by Gasteiger charge is 2.31. The fourth-order valence-corrected chi connectivity index (χ4v) is 3.19. The highest BCUT2D eigenvalue weighted by molar-refractivity contribution is 5.97. The second-order valence-corrected chi connectivity index (χ2v) is 6.39. The lowest BCUT2D eigenvalue weighted by atomic mass is 9.89. The van der Waals surface area contributed by atoms with Crippen molar-refractivity contribution in [1.29, 1.82) is 0 Å². The maximum absolute atomic E-state index is 14.2. The molecule has 2 atom stereocenters. The summed E-state index contributed by atoms with van der Waals surface area (Å²) in [6.07, 6.45) is 5.22. The molecule has 0 aromatic heterocycles. The van der Waals surface area contributed by atoms with Gasteiger partial charge in [-0.2, -0.15) is 4.39 Å². The quantitative estimate of drug-likeness (QED) is 0.761. The van der Waals surface area contributed by atoms with E-state index >= 15 is 0 Å². The third-order valence-corrected chi connectivity index (χ3v) is 4.61. The van der Waals surface area contributed by atoms with E-state index in [1.807, 2.05) is 0 Å². The number of nitrogens with one attached hydrogen (secondary N) is 1. The van der Waals surface area contributed by atoms with E-state index in [1.165, 1.54) is 6.92 Å². The van der Waals surface area contributed by atoms with Crippen molar-refractivity contribution >= 4 is 11.8 Å². The topological polar surface area (TPSA) is 58.6 Å². The van der Waals surface area contributed by atoms with Crippen LogP contribution >= 0.6 is 0 Å². The maximum atomic E-state index is 14.2. The van der Waals surface area contributed by atoms with Crippen molar-refractivity contribution in [3.8, 4) is 0 Å². The van der Waals surface area contributed by atoms with Crippen molar-refractivity contribution in [2.24, 2.45) is 0 Å². The van der Waals surface area contributed by atoms with Gasteiger partial charge in [-0.15, -0.1) is 0 Å². The molecule has 2 amide bonds. The summed E-state index contributed by atoms with van der Waals surface area (Å²) in [6, 6.07) is -0.403. The van der Waals surface area contributed by atoms with Crippen LogP contribution < -0.4 is 5.32 Å². The van der Waals surface area contributed by atoms with Crippen LogP contribution in [0.1, 0.15) is 39.5 Å². The average molecular weight is 366 g/mol. The molecule has 7 heteroatoms. The van der Waals surface area contributed by atoms with E-state index in [-0.39, 0.29) is 35.9 Å². The van der Waals surface area contributed by atoms with Gasteiger partial charge in [-0.3, -0.25) is 9.59 Å². The van der Waals surface area contributed by atoms with Gasteiger partial charge in [0.05, 0.1) is 12.6 Å². The minimum atomic E-state index is -0.886. The highest BCUT2D eigenvalue weighted by Crippen LogP contribution is 2.25. The molecule has 2 aliphatic rings. The van der Waals surface area contributed by atoms with Gasteiger partial charge in [-0.25, -0.2) is 4.39 Å². The fourth-order valence-electron chi connectivity index (χ4n) is 3.19. The smallest absolute Gasteiger partial charge is 0.251 e. The zero-order valence-corrected chi connectivity index (χ0v) is 15.3. The van der Waals surface area contributed by atoms with E-state index in [0.29, 0.717) is 6.42 Å². The molecule has 0 radical (unpaired) electrons. The summed E-state index contributed by atoms with van der Waals surface area (Å²) in [5, 5.41) is 2.82. The molecular formula is C19H24F2N2O3. The summed E-state index contributed by atoms with van der Waals surface area (Å²) >= 11 is 0. The molecule has 0 unspecified atom stereocenters. The minimum Gasteiger partial charge on any atom is -0.484 e. The predicted octanol–water partition coefficient (Wildman–Crippen LogP) is 3.06. The van der Waals surface area contributed by atoms with Crippen molar-refractivity contribution < 1.29 is 23.1 Å². The molecule has 26 heavy (non-hydrogen) atoms. The Kier molecular flexibility index (Phi) is 6.75. The predicted molar refractivity (Wildman–Crippen MR) is 93.2 cm³/mol. The number of halogens is 2. The van der Waals surface area contributed by atoms with E-state index in [0.717, 1.165) is 31.4 Å². The van der Waals surface area contributed by atoms with Gasteiger partial charge < -0.3 is 15.0 Å². The SMILES string of the molecule is CCOC1=C=C(F)C=C(C(=O)N[C@H]2CCCC[C@H]2N(C)C(C)=O)C=C1F. The number of carbonyl (C=O) groups is 2. The van der Waals surface area contributed by atoms with Gasteiger partial charge in [0, 0.05) is 25.6 Å². The largest absolute Gasteiger partial charge is 0.484 e. The lowest BCUT2D eigenvalue weighted by Crippen LogP contribution is -2.53. The number of amides is 2. The first-order valence-corrected chi connectivity index (χ1v) is 8.76. The summed E-state index contributed by atoms with van der Waals surface area (Å²) in [4.78, 5) is 25.8. The third-order valence-electron chi connectivity index (χ3n) is 4.61. The molecule has 0 spiro atoms. The summed E-state index contributed by atoms with van der Waals surface area (Å²) in [6.45, 7) is 3.26. The Labute approximate surface area is 152 Å². The van der Waals surface area contributed by atoms with Crippen molar-refractivity contribution in [3.63, 3.8) is 0 Å². The van der Waals surface area contributed by atoms with Gasteiger partial charge in [-0.1, -0.05) is 12.8 Å². The van der Waals surface area contributed by atoms with Crippen LogP contribution in [0.15, 0.2) is 40.9 Å². The molecule has 0 aromatic carbocycles. The molecule has 0 saturated heterocycles. The Bertz CT molecular complexity index is 706. The number of carbonyl (C=O) groups excluding carboxylic acids is 2. The van der Waals surface area contributed by atoms with Gasteiger partial charge in [0.2, 0.25) is 11.7 Å². The fraction of sp³-hybridized carbons (Fsp3) is 0.526. The van der Waals surface area contributed by atoms with Crippen LogP contribution in [0.5, 0.6) is 0 Å². The highest BCUT2D eigenvalue weighted by atomic mass is 19.1. The van der Waals surface area contributed by atoms with E-state index in [9.17, 15) is 18.4 Å². The number of hydrogen-bond acceptors (Lipinski definition) is 3. The van der Waals surface area contributed by atoms with Gasteiger partial charge in [-0.05, 0) is 37.6 Å². The molecule has 5 nitrogen and oxygen atoms in total. The van der Waals surface area contributed by atoms with Crippen molar-refractivity contribution in [3.05, 3.63) is 40.9 Å². The van der Waals surface area contributed by atoms with Gasteiger partial charge in [0.1, 0.15) is 0 Å². The first-order valence-electron chi connectivity index (χ1n) is 8.76. The van der Waals surface area contributed by atoms with Crippen LogP contribution in [0, 0.1) is 0 Å². The average Bonchev–Trinajstić information content (AvgIpc) is 2.73. The first kappa shape index (κ1) is 19.9. The van der Waals surface area contributed by atoms with E-state index < -0.39 is 17.6 Å². The Hall–Kier alpha value is -2.40. The molecule has 1 N–H and O–H groups in total. The second kappa shape index (κ2) is 8.81. The van der Waals surface area contributed by atoms with Gasteiger partial charge >= 0.3 is 0 Å². The number of hydrogen-bond donors (Lipinski definition) is 1. The lowest BCUT2D eigenvalue weighted by molar-refractivity contribution is -0.131. The zero-order chi connectivity index (χ0) is 19.3. The van der Waals surface area contributed by atoms with E-state index in [4.69, 9.17) is 4.74 Å². The standard InChI is InChI=1S/C19H24F2N2O3/c1-4-26-18-11-14(20)9-13(10-15(18)21)19(25)22-16-7-5-6-8-17(16)23(3)12(2)24/h9-10,16-17H,4-8H2,1-3H3,(H,22,25)/t16-,17+/m0/s1. The Morgan fingerprint density at radius 2 is 2.00 bits per heavy atom. The molecule has 1 fully saturated rings. The Morgan fingerprint density at radius 3 is 2.65 bits per heavy atom. The molecule has 2 rings (SSSR count). The first-order chi connectivity index (χ1) is 12.3. The lowest BCUT2D eigenvalue weighted by Gasteiger charge is -2.38. The van der Waals surface area contributed by atoms with Gasteiger partial charge in [0.25, 0.3) is 5.91 Å². The molecule has 0 aliphatic heterocycles. The summed E-state index contributed by atoms with van der Waals surface area (Å²) in [5.41, 5.74) is 2.00. The second-order valence-electron chi connectivity index (χ2n) is 6.39. The third kappa shape index (κ3) is 4.82. The van der Waals surface area contributed by atoms with Crippen LogP contribution in [0.25, 0.3) is 0 Å². The molecule has 0 aromatic rings. The zero-order valence-electron chi connectivity index (χ0n) is 15.3. The monoisotopic (exact) mass is 366 g/mol. The van der Waals surface area contributed by atoms with E-state index in [1.54, 1.807) is 18.9 Å². The van der Waals surface area contributed by atoms with Crippen LogP contribution in [0.2, 0.25) is 0 Å². The summed E-state index contributed by atoms with van der Waals surface area (Å²) < 4.78 is 33.0. The molecule has 1 saturated carbocycles. The normalized spacial score (nSPS) is 23.0. The van der Waals surface area contributed by atoms with Crippen LogP contribution in [-0.4, -0.2) is 42.5 Å². The molecule has 0 heterocycles. The summed E-state index contributed by atoms with van der Waals surface area (Å²) in [7, 11) is 1.70. The molecule has 0 bridgehead atoms. The minimum absolute atomic E-state index is 0.0877. The Balaban J connectivity index is 2.16. The van der Waals surface area contributed by atoms with Gasteiger partial charge in [0.15, 0.2) is 11.7 Å². The number of ether oxygens (including phenoxy) is 1. The number of likely N-dealkylation sites (N-methyl/N-ethyl adjacent to an activating group) is 1. The van der Waals surface area contributed by atoms with Crippen molar-refractivity contribution in [2.75, 3.05) is 13.7 Å². The number of rotatable bonds is 5. The van der Waals surface area contributed by atoms with Crippen LogP contribution in [0.3, 0.4) is 0 Å². The number of allylic oxidation sites excluding steroid dienone is 2. The van der Waals surface area contributed by atoms with Crippen molar-refractivity contribution in [2.45, 2.75) is 51.6 Å². The molecule has 2 aliphatic carbocycles. The maximum Gasteiger partial charge on any atom is 0.251 e. The number of nitrogens with zero attached hydrogens (tertiary/aromatic N) is 1. The van der Waals surface area contributed by atoms with Crippen LogP contribution in [-0.2, 0) is 14.3 Å². The molecular weight excluding hydrogens is 342 g/mol. The molecule has 142 valence electrons. The van der Waals surface area contributed by atoms with Crippen LogP contribution in [0.4, 0.5) is 8.78 Å². The van der Waals surface area contributed by atoms with E-state index in [2.05, 4.69) is 11.0 Å². The Morgan fingerprint density at radius 1 is 1.31 bits per heavy atom.